The molecule has 0 saturated heterocycles. The number of halogens is 1. The van der Waals surface area contributed by atoms with Crippen LogP contribution in [-0.2, 0) is 4.79 Å². The number of rotatable bonds is 6. The summed E-state index contributed by atoms with van der Waals surface area (Å²) in [7, 11) is 0. The van der Waals surface area contributed by atoms with Gasteiger partial charge in [-0.3, -0.25) is 9.59 Å². The molecule has 2 aromatic rings. The van der Waals surface area contributed by atoms with Crippen molar-refractivity contribution in [3.05, 3.63) is 57.6 Å². The first kappa shape index (κ1) is 21.0. The Morgan fingerprint density at radius 3 is 2.26 bits per heavy atom. The highest BCUT2D eigenvalue weighted by molar-refractivity contribution is 9.10. The van der Waals surface area contributed by atoms with Crippen LogP contribution < -0.4 is 15.4 Å². The number of amides is 2. The van der Waals surface area contributed by atoms with E-state index in [9.17, 15) is 9.59 Å². The largest absolute Gasteiger partial charge is 0.480 e. The molecule has 0 aromatic heterocycles. The van der Waals surface area contributed by atoms with Gasteiger partial charge in [-0.15, -0.1) is 0 Å². The molecule has 0 radical (unpaired) electrons. The van der Waals surface area contributed by atoms with Crippen molar-refractivity contribution < 1.29 is 14.3 Å². The van der Waals surface area contributed by atoms with Gasteiger partial charge in [0.25, 0.3) is 11.8 Å². The molecule has 27 heavy (non-hydrogen) atoms. The molecule has 2 amide bonds. The van der Waals surface area contributed by atoms with E-state index >= 15 is 0 Å². The fourth-order valence-corrected chi connectivity index (χ4v) is 3.33. The van der Waals surface area contributed by atoms with E-state index < -0.39 is 6.10 Å². The van der Waals surface area contributed by atoms with Crippen LogP contribution in [0.25, 0.3) is 0 Å². The number of benzene rings is 2. The zero-order valence-corrected chi connectivity index (χ0v) is 17.8. The third kappa shape index (κ3) is 5.82. The summed E-state index contributed by atoms with van der Waals surface area (Å²) in [6.07, 6.45) is -0.684. The molecule has 0 spiro atoms. The highest BCUT2D eigenvalue weighted by Crippen LogP contribution is 2.28. The van der Waals surface area contributed by atoms with Crippen LogP contribution in [-0.4, -0.2) is 24.0 Å². The van der Waals surface area contributed by atoms with Crippen molar-refractivity contribution in [1.82, 2.24) is 5.32 Å². The van der Waals surface area contributed by atoms with Crippen LogP contribution in [0.2, 0.25) is 0 Å². The Labute approximate surface area is 168 Å². The summed E-state index contributed by atoms with van der Waals surface area (Å²) in [4.78, 5) is 24.6. The standard InChI is InChI=1S/C21H25BrN2O3/c1-12(2)23-21(26)16-7-6-8-18(11-16)24-20(25)15(5)27-19-13(3)9-17(22)10-14(19)4/h6-12,15H,1-5H3,(H,23,26)(H,24,25). The number of carbonyl (C=O) groups is 2. The van der Waals surface area contributed by atoms with E-state index in [-0.39, 0.29) is 17.9 Å². The van der Waals surface area contributed by atoms with Gasteiger partial charge in [-0.05, 0) is 76.1 Å². The summed E-state index contributed by atoms with van der Waals surface area (Å²) in [6.45, 7) is 9.37. The molecule has 0 fully saturated rings. The number of aryl methyl sites for hydroxylation is 2. The van der Waals surface area contributed by atoms with Gasteiger partial charge in [-0.2, -0.15) is 0 Å². The molecular weight excluding hydrogens is 408 g/mol. The number of hydrogen-bond acceptors (Lipinski definition) is 3. The van der Waals surface area contributed by atoms with Crippen LogP contribution in [0.1, 0.15) is 42.3 Å². The molecule has 2 aromatic carbocycles. The Hall–Kier alpha value is -2.34. The van der Waals surface area contributed by atoms with Crippen LogP contribution in [0, 0.1) is 13.8 Å². The first-order valence-corrected chi connectivity index (χ1v) is 9.62. The average Bonchev–Trinajstić information content (AvgIpc) is 2.57. The van der Waals surface area contributed by atoms with E-state index in [1.807, 2.05) is 39.8 Å². The van der Waals surface area contributed by atoms with Gasteiger partial charge in [0.1, 0.15) is 5.75 Å². The third-order valence-corrected chi connectivity index (χ3v) is 4.36. The lowest BCUT2D eigenvalue weighted by molar-refractivity contribution is -0.122. The highest BCUT2D eigenvalue weighted by Gasteiger charge is 2.18. The number of anilines is 1. The quantitative estimate of drug-likeness (QED) is 0.699. The molecule has 0 aliphatic carbocycles. The molecule has 0 aliphatic heterocycles. The molecule has 0 aliphatic rings. The zero-order valence-electron chi connectivity index (χ0n) is 16.2. The smallest absolute Gasteiger partial charge is 0.265 e. The monoisotopic (exact) mass is 432 g/mol. The summed E-state index contributed by atoms with van der Waals surface area (Å²) < 4.78 is 6.85. The summed E-state index contributed by atoms with van der Waals surface area (Å²) in [5.41, 5.74) is 2.95. The van der Waals surface area contributed by atoms with E-state index in [1.165, 1.54) is 0 Å². The molecule has 2 rings (SSSR count). The van der Waals surface area contributed by atoms with Gasteiger partial charge >= 0.3 is 0 Å². The Morgan fingerprint density at radius 2 is 1.67 bits per heavy atom. The minimum atomic E-state index is -0.684. The normalized spacial score (nSPS) is 11.8. The fourth-order valence-electron chi connectivity index (χ4n) is 2.64. The highest BCUT2D eigenvalue weighted by atomic mass is 79.9. The number of nitrogens with one attached hydrogen (secondary N) is 2. The van der Waals surface area contributed by atoms with Crippen molar-refractivity contribution in [3.8, 4) is 5.75 Å². The maximum Gasteiger partial charge on any atom is 0.265 e. The van der Waals surface area contributed by atoms with E-state index in [0.717, 1.165) is 15.6 Å². The summed E-state index contributed by atoms with van der Waals surface area (Å²) >= 11 is 3.45. The van der Waals surface area contributed by atoms with Crippen LogP contribution in [0.15, 0.2) is 40.9 Å². The topological polar surface area (TPSA) is 67.4 Å². The molecular formula is C21H25BrN2O3. The Morgan fingerprint density at radius 1 is 1.04 bits per heavy atom. The minimum absolute atomic E-state index is 0.0431. The van der Waals surface area contributed by atoms with Gasteiger partial charge in [-0.1, -0.05) is 22.0 Å². The molecule has 144 valence electrons. The van der Waals surface area contributed by atoms with Crippen LogP contribution in [0.4, 0.5) is 5.69 Å². The lowest BCUT2D eigenvalue weighted by Crippen LogP contribution is -2.31. The van der Waals surface area contributed by atoms with Crippen molar-refractivity contribution >= 4 is 33.4 Å². The summed E-state index contributed by atoms with van der Waals surface area (Å²) in [6, 6.07) is 10.8. The molecule has 5 nitrogen and oxygen atoms in total. The zero-order chi connectivity index (χ0) is 20.1. The Kier molecular flexibility index (Phi) is 7.02. The number of hydrogen-bond donors (Lipinski definition) is 2. The minimum Gasteiger partial charge on any atom is -0.480 e. The molecule has 6 heteroatoms. The number of carbonyl (C=O) groups excluding carboxylic acids is 2. The predicted molar refractivity (Wildman–Crippen MR) is 111 cm³/mol. The van der Waals surface area contributed by atoms with Gasteiger partial charge in [0.2, 0.25) is 0 Å². The maximum atomic E-state index is 12.5. The second kappa shape index (κ2) is 9.04. The van der Waals surface area contributed by atoms with Crippen molar-refractivity contribution in [2.45, 2.75) is 46.8 Å². The van der Waals surface area contributed by atoms with Crippen LogP contribution >= 0.6 is 15.9 Å². The Balaban J connectivity index is 2.08. The van der Waals surface area contributed by atoms with Gasteiger partial charge in [-0.25, -0.2) is 0 Å². The average molecular weight is 433 g/mol. The predicted octanol–water partition coefficient (Wildman–Crippen LogP) is 4.61. The van der Waals surface area contributed by atoms with Gasteiger partial charge in [0.15, 0.2) is 6.10 Å². The third-order valence-electron chi connectivity index (χ3n) is 3.90. The lowest BCUT2D eigenvalue weighted by atomic mass is 10.1. The first-order valence-electron chi connectivity index (χ1n) is 8.82. The number of ether oxygens (including phenoxy) is 1. The van der Waals surface area contributed by atoms with Crippen molar-refractivity contribution in [2.24, 2.45) is 0 Å². The van der Waals surface area contributed by atoms with Crippen LogP contribution in [0.5, 0.6) is 5.75 Å². The molecule has 1 atom stereocenters. The van der Waals surface area contributed by atoms with E-state index in [2.05, 4.69) is 26.6 Å². The van der Waals surface area contributed by atoms with Crippen LogP contribution in [0.3, 0.4) is 0 Å². The molecule has 1 unspecified atom stereocenters. The van der Waals surface area contributed by atoms with Gasteiger partial charge in [0, 0.05) is 21.8 Å². The molecule has 0 bridgehead atoms. The maximum absolute atomic E-state index is 12.5. The van der Waals surface area contributed by atoms with E-state index in [1.54, 1.807) is 31.2 Å². The lowest BCUT2D eigenvalue weighted by Gasteiger charge is -2.18. The van der Waals surface area contributed by atoms with Crippen molar-refractivity contribution in [1.29, 1.82) is 0 Å². The SMILES string of the molecule is Cc1cc(Br)cc(C)c1OC(C)C(=O)Nc1cccc(C(=O)NC(C)C)c1. The van der Waals surface area contributed by atoms with E-state index in [0.29, 0.717) is 17.0 Å². The van der Waals surface area contributed by atoms with E-state index in [4.69, 9.17) is 4.74 Å². The molecule has 2 N–H and O–H groups in total. The molecule has 0 saturated carbocycles. The fraction of sp³-hybridized carbons (Fsp3) is 0.333. The summed E-state index contributed by atoms with van der Waals surface area (Å²) in [5.74, 6) is 0.246. The van der Waals surface area contributed by atoms with Gasteiger partial charge < -0.3 is 15.4 Å². The first-order chi connectivity index (χ1) is 12.7. The van der Waals surface area contributed by atoms with Gasteiger partial charge in [0.05, 0.1) is 0 Å². The second-order valence-corrected chi connectivity index (χ2v) is 7.74. The van der Waals surface area contributed by atoms with Crippen molar-refractivity contribution in [2.75, 3.05) is 5.32 Å². The Bertz CT molecular complexity index is 826. The molecule has 0 heterocycles. The summed E-state index contributed by atoms with van der Waals surface area (Å²) in [5, 5.41) is 5.64. The van der Waals surface area contributed by atoms with Crippen molar-refractivity contribution in [3.63, 3.8) is 0 Å². The second-order valence-electron chi connectivity index (χ2n) is 6.83.